The predicted octanol–water partition coefficient (Wildman–Crippen LogP) is 1.52. The third-order valence-electron chi connectivity index (χ3n) is 6.17. The molecule has 0 radical (unpaired) electrons. The van der Waals surface area contributed by atoms with Crippen molar-refractivity contribution < 1.29 is 18.8 Å². The summed E-state index contributed by atoms with van der Waals surface area (Å²) in [7, 11) is 0. The van der Waals surface area contributed by atoms with E-state index < -0.39 is 6.04 Å². The smallest absolute Gasteiger partial charge is 0.290 e. The molecule has 0 spiro atoms. The predicted molar refractivity (Wildman–Crippen MR) is 119 cm³/mol. The zero-order valence-corrected chi connectivity index (χ0v) is 18.5. The molecule has 0 bridgehead atoms. The van der Waals surface area contributed by atoms with Gasteiger partial charge in [0.2, 0.25) is 11.8 Å². The van der Waals surface area contributed by atoms with Crippen molar-refractivity contribution in [1.29, 1.82) is 0 Å². The average Bonchev–Trinajstić information content (AvgIpc) is 3.24. The number of benzene rings is 1. The highest BCUT2D eigenvalue weighted by Crippen LogP contribution is 2.26. The number of hydrogen-bond donors (Lipinski definition) is 1. The number of rotatable bonds is 5. The maximum atomic E-state index is 13.6. The molecule has 2 aliphatic heterocycles. The minimum Gasteiger partial charge on any atom is -0.459 e. The van der Waals surface area contributed by atoms with Crippen molar-refractivity contribution >= 4 is 17.7 Å². The summed E-state index contributed by atoms with van der Waals surface area (Å²) in [6.07, 6.45) is 2.75. The minimum atomic E-state index is -0.572. The Labute approximate surface area is 188 Å². The van der Waals surface area contributed by atoms with Gasteiger partial charge in [0.1, 0.15) is 6.04 Å². The number of nitrogens with one attached hydrogen (secondary N) is 1. The fraction of sp³-hybridized carbons (Fsp3) is 0.458. The van der Waals surface area contributed by atoms with Gasteiger partial charge in [-0.3, -0.25) is 19.3 Å². The molecule has 2 aliphatic rings. The van der Waals surface area contributed by atoms with Crippen molar-refractivity contribution in [2.24, 2.45) is 0 Å². The first-order valence-corrected chi connectivity index (χ1v) is 11.3. The fourth-order valence-electron chi connectivity index (χ4n) is 4.52. The summed E-state index contributed by atoms with van der Waals surface area (Å²) < 4.78 is 5.34. The van der Waals surface area contributed by atoms with Gasteiger partial charge in [-0.05, 0) is 36.6 Å². The van der Waals surface area contributed by atoms with Crippen LogP contribution in [0.5, 0.6) is 0 Å². The molecular weight excluding hydrogens is 408 g/mol. The molecule has 8 heteroatoms. The van der Waals surface area contributed by atoms with E-state index in [4.69, 9.17) is 4.42 Å². The zero-order valence-electron chi connectivity index (χ0n) is 18.5. The number of hydrogen-bond acceptors (Lipinski definition) is 5. The van der Waals surface area contributed by atoms with Crippen LogP contribution in [0.1, 0.15) is 35.0 Å². The summed E-state index contributed by atoms with van der Waals surface area (Å²) in [5.74, 6) is -0.0626. The molecule has 4 rings (SSSR count). The molecule has 1 unspecified atom stereocenters. The van der Waals surface area contributed by atoms with Crippen molar-refractivity contribution in [1.82, 2.24) is 20.0 Å². The fourth-order valence-corrected chi connectivity index (χ4v) is 4.52. The summed E-state index contributed by atoms with van der Waals surface area (Å²) in [6, 6.07) is 10.7. The molecule has 0 saturated carbocycles. The molecule has 1 aromatic heterocycles. The molecule has 32 heavy (non-hydrogen) atoms. The second-order valence-electron chi connectivity index (χ2n) is 8.31. The Morgan fingerprint density at radius 3 is 2.59 bits per heavy atom. The summed E-state index contributed by atoms with van der Waals surface area (Å²) in [5.41, 5.74) is 2.16. The van der Waals surface area contributed by atoms with E-state index in [2.05, 4.69) is 10.2 Å². The number of nitrogens with zero attached hydrogens (tertiary/aromatic N) is 3. The number of furan rings is 1. The Kier molecular flexibility index (Phi) is 6.90. The lowest BCUT2D eigenvalue weighted by atomic mass is 9.92. The van der Waals surface area contributed by atoms with Crippen molar-refractivity contribution in [2.75, 3.05) is 39.3 Å². The van der Waals surface area contributed by atoms with E-state index in [0.717, 1.165) is 24.1 Å². The van der Waals surface area contributed by atoms with E-state index >= 15 is 0 Å². The Balaban J connectivity index is 1.50. The van der Waals surface area contributed by atoms with Gasteiger partial charge in [0.15, 0.2) is 5.76 Å². The third kappa shape index (κ3) is 4.85. The Morgan fingerprint density at radius 2 is 1.84 bits per heavy atom. The number of likely N-dealkylation sites (N-methyl/N-ethyl adjacent to an activating group) is 1. The molecule has 3 heterocycles. The van der Waals surface area contributed by atoms with Gasteiger partial charge in [0.25, 0.3) is 5.91 Å². The minimum absolute atomic E-state index is 0.00591. The molecule has 3 amide bonds. The van der Waals surface area contributed by atoms with Crippen LogP contribution in [-0.4, -0.2) is 77.7 Å². The SMILES string of the molecule is CCNC(=O)CN1CCCN(C(=O)C2Cc3ccccc3CN2C(=O)c2ccco2)CC1. The lowest BCUT2D eigenvalue weighted by Crippen LogP contribution is -2.54. The standard InChI is InChI=1S/C24H30N4O4/c1-2-25-22(29)17-26-10-6-11-27(13-12-26)23(30)20-15-18-7-3-4-8-19(18)16-28(20)24(31)21-9-5-14-32-21/h3-5,7-9,14,20H,2,6,10-13,15-17H2,1H3,(H,25,29). The number of fused-ring (bicyclic) bond motifs is 1. The van der Waals surface area contributed by atoms with E-state index in [1.165, 1.54) is 6.26 Å². The Hall–Kier alpha value is -3.13. The van der Waals surface area contributed by atoms with Gasteiger partial charge in [-0.2, -0.15) is 0 Å². The first-order chi connectivity index (χ1) is 15.6. The average molecular weight is 439 g/mol. The summed E-state index contributed by atoms with van der Waals surface area (Å²) in [4.78, 5) is 44.3. The number of amides is 3. The highest BCUT2D eigenvalue weighted by atomic mass is 16.3. The zero-order chi connectivity index (χ0) is 22.5. The van der Waals surface area contributed by atoms with Gasteiger partial charge < -0.3 is 19.5 Å². The molecular formula is C24H30N4O4. The molecule has 1 N–H and O–H groups in total. The normalized spacial score (nSPS) is 19.2. The summed E-state index contributed by atoms with van der Waals surface area (Å²) in [5, 5.41) is 2.83. The van der Waals surface area contributed by atoms with Crippen LogP contribution in [0.2, 0.25) is 0 Å². The van der Waals surface area contributed by atoms with Crippen LogP contribution in [0, 0.1) is 0 Å². The monoisotopic (exact) mass is 438 g/mol. The Bertz CT molecular complexity index is 959. The Morgan fingerprint density at radius 1 is 1.03 bits per heavy atom. The van der Waals surface area contributed by atoms with E-state index in [1.807, 2.05) is 36.1 Å². The largest absolute Gasteiger partial charge is 0.459 e. The maximum Gasteiger partial charge on any atom is 0.290 e. The maximum absolute atomic E-state index is 13.6. The third-order valence-corrected chi connectivity index (χ3v) is 6.17. The molecule has 1 saturated heterocycles. The first kappa shape index (κ1) is 22.1. The van der Waals surface area contributed by atoms with Gasteiger partial charge in [-0.25, -0.2) is 0 Å². The highest BCUT2D eigenvalue weighted by Gasteiger charge is 2.38. The van der Waals surface area contributed by atoms with Crippen molar-refractivity contribution in [3.63, 3.8) is 0 Å². The first-order valence-electron chi connectivity index (χ1n) is 11.3. The quantitative estimate of drug-likeness (QED) is 0.765. The van der Waals surface area contributed by atoms with Crippen molar-refractivity contribution in [3.05, 3.63) is 59.5 Å². The highest BCUT2D eigenvalue weighted by molar-refractivity contribution is 5.96. The molecule has 170 valence electrons. The topological polar surface area (TPSA) is 86.1 Å². The molecule has 0 aliphatic carbocycles. The van der Waals surface area contributed by atoms with Crippen LogP contribution in [-0.2, 0) is 22.6 Å². The molecule has 8 nitrogen and oxygen atoms in total. The van der Waals surface area contributed by atoms with Crippen LogP contribution in [0.25, 0.3) is 0 Å². The van der Waals surface area contributed by atoms with Gasteiger partial charge in [0, 0.05) is 45.7 Å². The summed E-state index contributed by atoms with van der Waals surface area (Å²) >= 11 is 0. The number of carbonyl (C=O) groups is 3. The van der Waals surface area contributed by atoms with Crippen LogP contribution in [0.3, 0.4) is 0 Å². The van der Waals surface area contributed by atoms with E-state index in [9.17, 15) is 14.4 Å². The van der Waals surface area contributed by atoms with Crippen molar-refractivity contribution in [3.8, 4) is 0 Å². The second kappa shape index (κ2) is 9.99. The van der Waals surface area contributed by atoms with E-state index in [-0.39, 0.29) is 23.5 Å². The number of carbonyl (C=O) groups excluding carboxylic acids is 3. The van der Waals surface area contributed by atoms with E-state index in [0.29, 0.717) is 45.7 Å². The van der Waals surface area contributed by atoms with Gasteiger partial charge in [-0.15, -0.1) is 0 Å². The van der Waals surface area contributed by atoms with Crippen LogP contribution in [0.15, 0.2) is 47.1 Å². The summed E-state index contributed by atoms with van der Waals surface area (Å²) in [6.45, 7) is 5.80. The lowest BCUT2D eigenvalue weighted by molar-refractivity contribution is -0.136. The van der Waals surface area contributed by atoms with Gasteiger partial charge in [-0.1, -0.05) is 24.3 Å². The van der Waals surface area contributed by atoms with Crippen LogP contribution < -0.4 is 5.32 Å². The molecule has 1 atom stereocenters. The van der Waals surface area contributed by atoms with Crippen molar-refractivity contribution in [2.45, 2.75) is 32.4 Å². The molecule has 1 aromatic carbocycles. The lowest BCUT2D eigenvalue weighted by Gasteiger charge is -2.38. The van der Waals surface area contributed by atoms with Gasteiger partial charge >= 0.3 is 0 Å². The van der Waals surface area contributed by atoms with E-state index in [1.54, 1.807) is 17.0 Å². The second-order valence-corrected chi connectivity index (χ2v) is 8.31. The van der Waals surface area contributed by atoms with Gasteiger partial charge in [0.05, 0.1) is 12.8 Å². The van der Waals surface area contributed by atoms with Crippen LogP contribution in [0.4, 0.5) is 0 Å². The molecule has 1 fully saturated rings. The molecule has 2 aromatic rings. The van der Waals surface area contributed by atoms with Crippen LogP contribution >= 0.6 is 0 Å².